The van der Waals surface area contributed by atoms with Gasteiger partial charge in [0.1, 0.15) is 17.1 Å². The van der Waals surface area contributed by atoms with Crippen molar-refractivity contribution in [3.8, 4) is 0 Å². The van der Waals surface area contributed by atoms with Crippen LogP contribution < -0.4 is 5.32 Å². The van der Waals surface area contributed by atoms with Gasteiger partial charge in [0.25, 0.3) is 10.1 Å². The van der Waals surface area contributed by atoms with E-state index in [1.807, 2.05) is 69.2 Å². The number of para-hydroxylation sites is 1. The van der Waals surface area contributed by atoms with E-state index in [1.165, 1.54) is 18.2 Å². The minimum absolute atomic E-state index is 0.0193. The lowest BCUT2D eigenvalue weighted by Crippen LogP contribution is -2.54. The molecule has 1 amide bonds. The molecular weight excluding hydrogens is 546 g/mol. The Kier molecular flexibility index (Phi) is 12.5. The Balaban J connectivity index is 2.87. The molecule has 1 rings (SSSR count). The second-order valence-corrected chi connectivity index (χ2v) is 15.1. The predicted octanol–water partition coefficient (Wildman–Crippen LogP) is 6.40. The Morgan fingerprint density at radius 2 is 1.41 bits per heavy atom. The van der Waals surface area contributed by atoms with Crippen LogP contribution in [0, 0.1) is 10.8 Å². The first kappa shape index (κ1) is 36.9. The van der Waals surface area contributed by atoms with Crippen LogP contribution in [0.5, 0.6) is 0 Å². The number of Topliss-reactive ketones (excluding diaryl/α,β-unsaturated/α-hetero) is 2. The first-order chi connectivity index (χ1) is 18.4. The lowest BCUT2D eigenvalue weighted by atomic mass is 9.71. The summed E-state index contributed by atoms with van der Waals surface area (Å²) in [5, 5.41) is 2.54. The molecule has 9 nitrogen and oxygen atoms in total. The van der Waals surface area contributed by atoms with E-state index in [-0.39, 0.29) is 34.5 Å². The number of ether oxygens (including phenoxy) is 2. The highest BCUT2D eigenvalue weighted by molar-refractivity contribution is 7.86. The maximum Gasteiger partial charge on any atom is 0.296 e. The Bertz CT molecular complexity index is 1170. The summed E-state index contributed by atoms with van der Waals surface area (Å²) in [6.07, 6.45) is 0.902. The average Bonchev–Trinajstić information content (AvgIpc) is 2.79. The van der Waals surface area contributed by atoms with Crippen LogP contribution in [0.3, 0.4) is 0 Å². The van der Waals surface area contributed by atoms with E-state index >= 15 is 0 Å². The lowest BCUT2D eigenvalue weighted by Gasteiger charge is -2.44. The third kappa shape index (κ3) is 11.2. The van der Waals surface area contributed by atoms with Gasteiger partial charge in [0.05, 0.1) is 22.3 Å². The van der Waals surface area contributed by atoms with Crippen LogP contribution in [-0.4, -0.2) is 53.9 Å². The number of carbonyl (C=O) groups is 3. The van der Waals surface area contributed by atoms with Gasteiger partial charge in [-0.3, -0.25) is 18.9 Å². The molecule has 2 unspecified atom stereocenters. The summed E-state index contributed by atoms with van der Waals surface area (Å²) < 4.78 is 44.8. The van der Waals surface area contributed by atoms with E-state index in [9.17, 15) is 27.4 Å². The molecule has 234 valence electrons. The number of benzene rings is 1. The molecule has 0 aliphatic carbocycles. The molecule has 0 aliphatic heterocycles. The fourth-order valence-corrected chi connectivity index (χ4v) is 5.07. The molecule has 0 spiro atoms. The van der Waals surface area contributed by atoms with E-state index in [0.717, 1.165) is 0 Å². The number of hydrogen-bond acceptors (Lipinski definition) is 7. The molecule has 10 heteroatoms. The van der Waals surface area contributed by atoms with E-state index in [4.69, 9.17) is 9.47 Å². The summed E-state index contributed by atoms with van der Waals surface area (Å²) in [7, 11) is -4.47. The van der Waals surface area contributed by atoms with Crippen molar-refractivity contribution in [2.45, 2.75) is 137 Å². The molecule has 0 fully saturated rings. The Morgan fingerprint density at radius 1 is 0.854 bits per heavy atom. The molecule has 1 aromatic carbocycles. The molecular formula is C31H51NO8S. The molecule has 0 heterocycles. The third-order valence-corrected chi connectivity index (χ3v) is 8.21. The zero-order chi connectivity index (χ0) is 32.0. The molecule has 41 heavy (non-hydrogen) atoms. The molecule has 0 aromatic heterocycles. The van der Waals surface area contributed by atoms with Crippen LogP contribution in [0.2, 0.25) is 0 Å². The standard InChI is InChI=1S/C31H51NO8S/c1-21(39-29(5,6)7)26(34)30(8,9)31(10,11)40-23(27(35)28(2,3)4)18-13-12-14-20-25(33)32-22-17-15-16-19-24(22)41(36,37)38/h15-17,19,21,23H,12-14,18,20H2,1-11H3,(H,32,33)(H,36,37,38). The molecule has 2 atom stereocenters. The number of rotatable bonds is 15. The van der Waals surface area contributed by atoms with Gasteiger partial charge in [-0.05, 0) is 66.5 Å². The monoisotopic (exact) mass is 597 g/mol. The van der Waals surface area contributed by atoms with Crippen molar-refractivity contribution in [2.75, 3.05) is 5.32 Å². The number of anilines is 1. The molecule has 0 saturated carbocycles. The first-order valence-corrected chi connectivity index (χ1v) is 15.6. The van der Waals surface area contributed by atoms with Crippen molar-refractivity contribution >= 4 is 33.3 Å². The number of hydrogen-bond donors (Lipinski definition) is 2. The summed E-state index contributed by atoms with van der Waals surface area (Å²) in [5.74, 6) is -0.555. The first-order valence-electron chi connectivity index (χ1n) is 14.2. The van der Waals surface area contributed by atoms with Gasteiger partial charge in [-0.1, -0.05) is 59.6 Å². The van der Waals surface area contributed by atoms with E-state index < -0.39 is 44.4 Å². The van der Waals surface area contributed by atoms with Crippen LogP contribution >= 0.6 is 0 Å². The van der Waals surface area contributed by atoms with Crippen molar-refractivity contribution in [3.63, 3.8) is 0 Å². The summed E-state index contributed by atoms with van der Waals surface area (Å²) in [5.41, 5.74) is -3.06. The van der Waals surface area contributed by atoms with Gasteiger partial charge < -0.3 is 14.8 Å². The lowest BCUT2D eigenvalue weighted by molar-refractivity contribution is -0.181. The maximum atomic E-state index is 13.4. The van der Waals surface area contributed by atoms with Crippen LogP contribution in [-0.2, 0) is 34.0 Å². The molecule has 0 saturated heterocycles. The van der Waals surface area contributed by atoms with Crippen molar-refractivity contribution < 1.29 is 36.8 Å². The molecule has 0 aliphatic rings. The Hall–Kier alpha value is -2.14. The number of carbonyl (C=O) groups excluding carboxylic acids is 3. The van der Waals surface area contributed by atoms with Gasteiger partial charge in [-0.15, -0.1) is 0 Å². The highest BCUT2D eigenvalue weighted by atomic mass is 32.2. The minimum Gasteiger partial charge on any atom is -0.365 e. The zero-order valence-electron chi connectivity index (χ0n) is 26.7. The molecule has 0 radical (unpaired) electrons. The van der Waals surface area contributed by atoms with Crippen LogP contribution in [0.4, 0.5) is 5.69 Å². The SMILES string of the molecule is CC(OC(C)(C)C)C(=O)C(C)(C)C(C)(C)OC(CCCCCC(=O)Nc1ccccc1S(=O)(=O)O)C(=O)C(C)(C)C. The van der Waals surface area contributed by atoms with E-state index in [1.54, 1.807) is 13.0 Å². The second kappa shape index (κ2) is 13.9. The highest BCUT2D eigenvalue weighted by Gasteiger charge is 2.48. The van der Waals surface area contributed by atoms with E-state index in [2.05, 4.69) is 5.32 Å². The van der Waals surface area contributed by atoms with Gasteiger partial charge in [0.15, 0.2) is 11.6 Å². The van der Waals surface area contributed by atoms with Crippen molar-refractivity contribution in [1.82, 2.24) is 0 Å². The van der Waals surface area contributed by atoms with Crippen molar-refractivity contribution in [1.29, 1.82) is 0 Å². The number of nitrogens with one attached hydrogen (secondary N) is 1. The highest BCUT2D eigenvalue weighted by Crippen LogP contribution is 2.39. The van der Waals surface area contributed by atoms with Crippen LogP contribution in [0.15, 0.2) is 29.2 Å². The molecule has 1 aromatic rings. The van der Waals surface area contributed by atoms with Gasteiger partial charge >= 0.3 is 0 Å². The van der Waals surface area contributed by atoms with Gasteiger partial charge in [0, 0.05) is 11.8 Å². The molecule has 0 bridgehead atoms. The quantitative estimate of drug-likeness (QED) is 0.175. The van der Waals surface area contributed by atoms with Crippen LogP contribution in [0.25, 0.3) is 0 Å². The largest absolute Gasteiger partial charge is 0.365 e. The summed E-state index contributed by atoms with van der Waals surface area (Å²) in [6.45, 7) is 20.2. The van der Waals surface area contributed by atoms with Gasteiger partial charge in [-0.25, -0.2) is 0 Å². The topological polar surface area (TPSA) is 136 Å². The Labute approximate surface area is 246 Å². The zero-order valence-corrected chi connectivity index (χ0v) is 27.5. The van der Waals surface area contributed by atoms with E-state index in [0.29, 0.717) is 25.7 Å². The Morgan fingerprint density at radius 3 is 1.93 bits per heavy atom. The smallest absolute Gasteiger partial charge is 0.296 e. The van der Waals surface area contributed by atoms with Crippen molar-refractivity contribution in [2.24, 2.45) is 10.8 Å². The fraction of sp³-hybridized carbons (Fsp3) is 0.710. The summed E-state index contributed by atoms with van der Waals surface area (Å²) in [4.78, 5) is 38.9. The number of unbranched alkanes of at least 4 members (excludes halogenated alkanes) is 2. The normalized spacial score (nSPS) is 14.8. The summed E-state index contributed by atoms with van der Waals surface area (Å²) in [6, 6.07) is 5.64. The third-order valence-electron chi connectivity index (χ3n) is 7.30. The number of ketones is 2. The predicted molar refractivity (Wildman–Crippen MR) is 160 cm³/mol. The van der Waals surface area contributed by atoms with Crippen LogP contribution in [0.1, 0.15) is 108 Å². The minimum atomic E-state index is -4.47. The molecule has 2 N–H and O–H groups in total. The van der Waals surface area contributed by atoms with Crippen molar-refractivity contribution in [3.05, 3.63) is 24.3 Å². The summed E-state index contributed by atoms with van der Waals surface area (Å²) >= 11 is 0. The van der Waals surface area contributed by atoms with Gasteiger partial charge in [0.2, 0.25) is 5.91 Å². The fourth-order valence-electron chi connectivity index (χ4n) is 4.42. The second-order valence-electron chi connectivity index (χ2n) is 13.7. The van der Waals surface area contributed by atoms with Gasteiger partial charge in [-0.2, -0.15) is 8.42 Å². The number of amides is 1. The average molecular weight is 598 g/mol. The maximum absolute atomic E-state index is 13.4.